The molecule has 2 nitrogen and oxygen atoms in total. The first-order chi connectivity index (χ1) is 6.56. The van der Waals surface area contributed by atoms with Crippen molar-refractivity contribution < 1.29 is 4.74 Å². The predicted molar refractivity (Wildman–Crippen MR) is 58.1 cm³/mol. The summed E-state index contributed by atoms with van der Waals surface area (Å²) in [6.45, 7) is 6.48. The lowest BCUT2D eigenvalue weighted by Crippen LogP contribution is -2.59. The summed E-state index contributed by atoms with van der Waals surface area (Å²) in [5, 5.41) is 0. The fraction of sp³-hybridized carbons (Fsp3) is 1.00. The van der Waals surface area contributed by atoms with Crippen LogP contribution in [-0.4, -0.2) is 18.8 Å². The molecule has 1 heterocycles. The summed E-state index contributed by atoms with van der Waals surface area (Å²) in [5.41, 5.74) is 6.99. The first-order valence-electron chi connectivity index (χ1n) is 5.93. The van der Waals surface area contributed by atoms with E-state index in [0.29, 0.717) is 11.3 Å². The van der Waals surface area contributed by atoms with E-state index in [1.54, 1.807) is 0 Å². The third-order valence-electron chi connectivity index (χ3n) is 4.56. The summed E-state index contributed by atoms with van der Waals surface area (Å²) in [5.74, 6) is 0.595. The normalized spacial score (nSPS) is 42.6. The van der Waals surface area contributed by atoms with Gasteiger partial charge >= 0.3 is 0 Å². The SMILES string of the molecule is CC1(C)CCCCC1(N)C1CCOC1. The molecule has 14 heavy (non-hydrogen) atoms. The second-order valence-corrected chi connectivity index (χ2v) is 5.69. The Morgan fingerprint density at radius 1 is 1.21 bits per heavy atom. The fourth-order valence-electron chi connectivity index (χ4n) is 3.25. The van der Waals surface area contributed by atoms with Crippen molar-refractivity contribution >= 4 is 0 Å². The molecule has 2 rings (SSSR count). The molecule has 2 atom stereocenters. The molecular weight excluding hydrogens is 174 g/mol. The van der Waals surface area contributed by atoms with Crippen LogP contribution < -0.4 is 5.73 Å². The molecule has 2 heteroatoms. The summed E-state index contributed by atoms with van der Waals surface area (Å²) < 4.78 is 5.49. The molecule has 1 saturated carbocycles. The molecule has 0 aromatic heterocycles. The lowest BCUT2D eigenvalue weighted by atomic mass is 9.58. The average molecular weight is 197 g/mol. The molecule has 1 saturated heterocycles. The number of hydrogen-bond acceptors (Lipinski definition) is 2. The van der Waals surface area contributed by atoms with Crippen molar-refractivity contribution in [2.75, 3.05) is 13.2 Å². The standard InChI is InChI=1S/C12H23NO/c1-11(2)6-3-4-7-12(11,13)10-5-8-14-9-10/h10H,3-9,13H2,1-2H3. The van der Waals surface area contributed by atoms with Gasteiger partial charge in [0.05, 0.1) is 6.61 Å². The summed E-state index contributed by atoms with van der Waals surface area (Å²) in [6, 6.07) is 0. The highest BCUT2D eigenvalue weighted by molar-refractivity contribution is 5.05. The number of ether oxygens (including phenoxy) is 1. The Morgan fingerprint density at radius 2 is 1.93 bits per heavy atom. The molecule has 0 amide bonds. The van der Waals surface area contributed by atoms with Crippen molar-refractivity contribution in [3.8, 4) is 0 Å². The Kier molecular flexibility index (Phi) is 2.61. The Hall–Kier alpha value is -0.0800. The zero-order valence-corrected chi connectivity index (χ0v) is 9.51. The van der Waals surface area contributed by atoms with Gasteiger partial charge in [0, 0.05) is 18.1 Å². The Morgan fingerprint density at radius 3 is 2.50 bits per heavy atom. The minimum absolute atomic E-state index is 0.0295. The van der Waals surface area contributed by atoms with Crippen LogP contribution in [0, 0.1) is 11.3 Å². The minimum atomic E-state index is 0.0295. The molecular formula is C12H23NO. The Labute approximate surface area is 87.2 Å². The van der Waals surface area contributed by atoms with Crippen molar-refractivity contribution in [1.82, 2.24) is 0 Å². The molecule has 1 aliphatic carbocycles. The van der Waals surface area contributed by atoms with Crippen LogP contribution in [0.5, 0.6) is 0 Å². The zero-order valence-electron chi connectivity index (χ0n) is 9.51. The number of hydrogen-bond donors (Lipinski definition) is 1. The number of nitrogens with two attached hydrogens (primary N) is 1. The van der Waals surface area contributed by atoms with Crippen molar-refractivity contribution in [2.45, 2.75) is 51.5 Å². The Bertz CT molecular complexity index is 208. The molecule has 2 N–H and O–H groups in total. The average Bonchev–Trinajstić information content (AvgIpc) is 2.63. The molecule has 0 aromatic carbocycles. The van der Waals surface area contributed by atoms with Crippen LogP contribution in [0.3, 0.4) is 0 Å². The smallest absolute Gasteiger partial charge is 0.0512 e. The van der Waals surface area contributed by atoms with Crippen molar-refractivity contribution in [3.05, 3.63) is 0 Å². The van der Waals surface area contributed by atoms with Gasteiger partial charge in [-0.3, -0.25) is 0 Å². The van der Waals surface area contributed by atoms with Crippen LogP contribution in [0.25, 0.3) is 0 Å². The highest BCUT2D eigenvalue weighted by Gasteiger charge is 2.49. The summed E-state index contributed by atoms with van der Waals surface area (Å²) in [6.07, 6.45) is 6.28. The van der Waals surface area contributed by atoms with E-state index >= 15 is 0 Å². The second kappa shape index (κ2) is 3.49. The van der Waals surface area contributed by atoms with Crippen molar-refractivity contribution in [1.29, 1.82) is 0 Å². The zero-order chi connectivity index (χ0) is 10.2. The van der Waals surface area contributed by atoms with Gasteiger partial charge in [0.1, 0.15) is 0 Å². The van der Waals surface area contributed by atoms with Crippen LogP contribution >= 0.6 is 0 Å². The van der Waals surface area contributed by atoms with Gasteiger partial charge in [0.15, 0.2) is 0 Å². The first-order valence-corrected chi connectivity index (χ1v) is 5.93. The molecule has 2 fully saturated rings. The van der Waals surface area contributed by atoms with Crippen LogP contribution in [0.15, 0.2) is 0 Å². The predicted octanol–water partition coefficient (Wildman–Crippen LogP) is 2.32. The third-order valence-corrected chi connectivity index (χ3v) is 4.56. The molecule has 0 spiro atoms. The molecule has 1 aliphatic heterocycles. The molecule has 2 aliphatic rings. The van der Waals surface area contributed by atoms with Gasteiger partial charge < -0.3 is 10.5 Å². The Balaban J connectivity index is 2.17. The largest absolute Gasteiger partial charge is 0.381 e. The summed E-state index contributed by atoms with van der Waals surface area (Å²) in [4.78, 5) is 0. The van der Waals surface area contributed by atoms with E-state index in [2.05, 4.69) is 13.8 Å². The van der Waals surface area contributed by atoms with Gasteiger partial charge in [-0.15, -0.1) is 0 Å². The highest BCUT2D eigenvalue weighted by atomic mass is 16.5. The fourth-order valence-corrected chi connectivity index (χ4v) is 3.25. The van der Waals surface area contributed by atoms with Crippen molar-refractivity contribution in [3.63, 3.8) is 0 Å². The van der Waals surface area contributed by atoms with Gasteiger partial charge in [-0.25, -0.2) is 0 Å². The van der Waals surface area contributed by atoms with Gasteiger partial charge in [0.2, 0.25) is 0 Å². The topological polar surface area (TPSA) is 35.2 Å². The van der Waals surface area contributed by atoms with Crippen molar-refractivity contribution in [2.24, 2.45) is 17.1 Å². The van der Waals surface area contributed by atoms with Crippen LogP contribution in [-0.2, 0) is 4.74 Å². The minimum Gasteiger partial charge on any atom is -0.381 e. The second-order valence-electron chi connectivity index (χ2n) is 5.69. The van der Waals surface area contributed by atoms with E-state index in [-0.39, 0.29) is 5.54 Å². The molecule has 0 bridgehead atoms. The van der Waals surface area contributed by atoms with E-state index < -0.39 is 0 Å². The van der Waals surface area contributed by atoms with Gasteiger partial charge in [-0.05, 0) is 24.7 Å². The lowest BCUT2D eigenvalue weighted by molar-refractivity contribution is 0.0371. The van der Waals surface area contributed by atoms with Gasteiger partial charge in [-0.2, -0.15) is 0 Å². The third kappa shape index (κ3) is 1.49. The van der Waals surface area contributed by atoms with Crippen LogP contribution in [0.4, 0.5) is 0 Å². The van der Waals surface area contributed by atoms with Crippen LogP contribution in [0.1, 0.15) is 46.0 Å². The van der Waals surface area contributed by atoms with E-state index in [0.717, 1.165) is 13.2 Å². The molecule has 2 unspecified atom stereocenters. The van der Waals surface area contributed by atoms with E-state index in [9.17, 15) is 0 Å². The van der Waals surface area contributed by atoms with Crippen LogP contribution in [0.2, 0.25) is 0 Å². The van der Waals surface area contributed by atoms with E-state index in [1.165, 1.54) is 32.1 Å². The lowest BCUT2D eigenvalue weighted by Gasteiger charge is -2.51. The monoisotopic (exact) mass is 197 g/mol. The maximum atomic E-state index is 6.66. The summed E-state index contributed by atoms with van der Waals surface area (Å²) >= 11 is 0. The maximum absolute atomic E-state index is 6.66. The molecule has 0 aromatic rings. The maximum Gasteiger partial charge on any atom is 0.0512 e. The molecule has 0 radical (unpaired) electrons. The summed E-state index contributed by atoms with van der Waals surface area (Å²) in [7, 11) is 0. The number of rotatable bonds is 1. The van der Waals surface area contributed by atoms with E-state index in [4.69, 9.17) is 10.5 Å². The quantitative estimate of drug-likeness (QED) is 0.700. The van der Waals surface area contributed by atoms with E-state index in [1.807, 2.05) is 0 Å². The van der Waals surface area contributed by atoms with Gasteiger partial charge in [-0.1, -0.05) is 26.7 Å². The highest BCUT2D eigenvalue weighted by Crippen LogP contribution is 2.48. The molecule has 82 valence electrons. The van der Waals surface area contributed by atoms with Gasteiger partial charge in [0.25, 0.3) is 0 Å². The first kappa shape index (κ1) is 10.4.